The van der Waals surface area contributed by atoms with Crippen LogP contribution in [0.5, 0.6) is 0 Å². The summed E-state index contributed by atoms with van der Waals surface area (Å²) in [5.41, 5.74) is 5.48. The van der Waals surface area contributed by atoms with Crippen molar-refractivity contribution in [3.8, 4) is 0 Å². The molecule has 10 heavy (non-hydrogen) atoms. The second-order valence-corrected chi connectivity index (χ2v) is 4.28. The lowest BCUT2D eigenvalue weighted by Gasteiger charge is -2.26. The average Bonchev–Trinajstić information content (AvgIpc) is 1.84. The first kappa shape index (κ1) is 8.04. The van der Waals surface area contributed by atoms with Crippen molar-refractivity contribution in [2.75, 3.05) is 0 Å². The minimum absolute atomic E-state index is 0.329. The van der Waals surface area contributed by atoms with Crippen LogP contribution in [-0.4, -0.2) is 15.7 Å². The molecule has 1 aliphatic rings. The van der Waals surface area contributed by atoms with Crippen LogP contribution in [0.2, 0.25) is 0 Å². The number of carbonyl (C=O) groups excluding carboxylic acids is 1. The van der Waals surface area contributed by atoms with Gasteiger partial charge in [-0.25, -0.2) is 0 Å². The standard InChI is InChI=1S/C5H6BrClN2O/c6-5(7)3(8)1-2-9-4(5)10/h1-3H,8H2,(H,9,10). The predicted octanol–water partition coefficient (Wildman–Crippen LogP) is 0.287. The van der Waals surface area contributed by atoms with Gasteiger partial charge in [-0.3, -0.25) is 4.79 Å². The van der Waals surface area contributed by atoms with Gasteiger partial charge in [0.05, 0.1) is 6.04 Å². The first-order chi connectivity index (χ1) is 4.55. The van der Waals surface area contributed by atoms with Crippen LogP contribution in [0.4, 0.5) is 0 Å². The van der Waals surface area contributed by atoms with Crippen molar-refractivity contribution in [2.24, 2.45) is 5.73 Å². The minimum Gasteiger partial charge on any atom is -0.331 e. The summed E-state index contributed by atoms with van der Waals surface area (Å²) in [5, 5.41) is 2.42. The zero-order valence-corrected chi connectivity index (χ0v) is 7.32. The molecule has 0 aromatic rings. The van der Waals surface area contributed by atoms with E-state index in [0.717, 1.165) is 0 Å². The summed E-state index contributed by atoms with van der Waals surface area (Å²) in [7, 11) is 0. The lowest BCUT2D eigenvalue weighted by Crippen LogP contribution is -2.51. The summed E-state index contributed by atoms with van der Waals surface area (Å²) in [5.74, 6) is -0.329. The Morgan fingerprint density at radius 1 is 1.90 bits per heavy atom. The van der Waals surface area contributed by atoms with E-state index in [9.17, 15) is 4.79 Å². The highest BCUT2D eigenvalue weighted by Gasteiger charge is 2.40. The second-order valence-electron chi connectivity index (χ2n) is 1.98. The highest BCUT2D eigenvalue weighted by molar-refractivity contribution is 9.10. The SMILES string of the molecule is NC1C=CNC(=O)C1(Cl)Br. The maximum Gasteiger partial charge on any atom is 0.257 e. The largest absolute Gasteiger partial charge is 0.331 e. The van der Waals surface area contributed by atoms with Crippen molar-refractivity contribution in [1.82, 2.24) is 5.32 Å². The molecule has 0 aliphatic carbocycles. The van der Waals surface area contributed by atoms with E-state index in [1.165, 1.54) is 6.20 Å². The quantitative estimate of drug-likeness (QED) is 0.582. The molecule has 1 aliphatic heterocycles. The molecule has 56 valence electrons. The molecule has 0 saturated heterocycles. The molecule has 1 amide bonds. The number of hydrogen-bond donors (Lipinski definition) is 2. The molecule has 2 unspecified atom stereocenters. The summed E-state index contributed by atoms with van der Waals surface area (Å²) in [6, 6.07) is -0.483. The van der Waals surface area contributed by atoms with Crippen LogP contribution in [0, 0.1) is 0 Å². The predicted molar refractivity (Wildman–Crippen MR) is 42.8 cm³/mol. The van der Waals surface area contributed by atoms with E-state index >= 15 is 0 Å². The third-order valence-corrected chi connectivity index (χ3v) is 2.55. The van der Waals surface area contributed by atoms with Gasteiger partial charge in [-0.1, -0.05) is 27.5 Å². The smallest absolute Gasteiger partial charge is 0.257 e. The van der Waals surface area contributed by atoms with Crippen LogP contribution in [0.25, 0.3) is 0 Å². The number of halogens is 2. The van der Waals surface area contributed by atoms with E-state index in [2.05, 4.69) is 21.2 Å². The zero-order valence-electron chi connectivity index (χ0n) is 4.97. The molecule has 1 heterocycles. The van der Waals surface area contributed by atoms with Crippen molar-refractivity contribution in [1.29, 1.82) is 0 Å². The van der Waals surface area contributed by atoms with E-state index in [-0.39, 0.29) is 5.91 Å². The third-order valence-electron chi connectivity index (χ3n) is 1.24. The molecule has 0 aromatic carbocycles. The Hall–Kier alpha value is -0.0600. The first-order valence-electron chi connectivity index (χ1n) is 2.66. The van der Waals surface area contributed by atoms with Crippen molar-refractivity contribution in [2.45, 2.75) is 9.83 Å². The first-order valence-corrected chi connectivity index (χ1v) is 3.83. The molecule has 0 saturated carbocycles. The number of rotatable bonds is 0. The second kappa shape index (κ2) is 2.53. The summed E-state index contributed by atoms with van der Waals surface area (Å²) >= 11 is 8.70. The Balaban J connectivity index is 2.89. The van der Waals surface area contributed by atoms with Gasteiger partial charge in [-0.2, -0.15) is 0 Å². The van der Waals surface area contributed by atoms with Crippen LogP contribution in [0.1, 0.15) is 0 Å². The number of alkyl halides is 2. The minimum atomic E-state index is -1.18. The maximum absolute atomic E-state index is 10.9. The van der Waals surface area contributed by atoms with Crippen molar-refractivity contribution in [3.63, 3.8) is 0 Å². The van der Waals surface area contributed by atoms with E-state index < -0.39 is 9.83 Å². The lowest BCUT2D eigenvalue weighted by molar-refractivity contribution is -0.120. The number of hydrogen-bond acceptors (Lipinski definition) is 2. The Kier molecular flexibility index (Phi) is 2.03. The lowest BCUT2D eigenvalue weighted by atomic mass is 10.1. The number of nitrogens with two attached hydrogens (primary N) is 1. The highest BCUT2D eigenvalue weighted by Crippen LogP contribution is 2.29. The van der Waals surface area contributed by atoms with Crippen molar-refractivity contribution in [3.05, 3.63) is 12.3 Å². The van der Waals surface area contributed by atoms with E-state index in [4.69, 9.17) is 17.3 Å². The van der Waals surface area contributed by atoms with Crippen LogP contribution < -0.4 is 11.1 Å². The normalized spacial score (nSPS) is 39.5. The highest BCUT2D eigenvalue weighted by atomic mass is 79.9. The molecule has 5 heteroatoms. The molecule has 0 bridgehead atoms. The molecule has 0 aromatic heterocycles. The summed E-state index contributed by atoms with van der Waals surface area (Å²) < 4.78 is -1.18. The van der Waals surface area contributed by atoms with Crippen LogP contribution in [-0.2, 0) is 4.79 Å². The van der Waals surface area contributed by atoms with Gasteiger partial charge in [-0.15, -0.1) is 0 Å². The van der Waals surface area contributed by atoms with E-state index in [1.54, 1.807) is 6.08 Å². The number of nitrogens with one attached hydrogen (secondary N) is 1. The van der Waals surface area contributed by atoms with Gasteiger partial charge in [0.15, 0.2) is 3.78 Å². The molecule has 2 atom stereocenters. The van der Waals surface area contributed by atoms with Crippen molar-refractivity contribution >= 4 is 33.4 Å². The fourth-order valence-electron chi connectivity index (χ4n) is 0.596. The zero-order chi connectivity index (χ0) is 7.78. The molecule has 1 rings (SSSR count). The summed E-state index contributed by atoms with van der Waals surface area (Å²) in [4.78, 5) is 10.9. The van der Waals surface area contributed by atoms with Gasteiger partial charge in [-0.05, 0) is 6.08 Å². The average molecular weight is 225 g/mol. The Morgan fingerprint density at radius 3 is 2.90 bits per heavy atom. The summed E-state index contributed by atoms with van der Waals surface area (Å²) in [6.45, 7) is 0. The molecular formula is C5H6BrClN2O. The monoisotopic (exact) mass is 224 g/mol. The van der Waals surface area contributed by atoms with Crippen LogP contribution >= 0.6 is 27.5 Å². The van der Waals surface area contributed by atoms with Gasteiger partial charge in [0.2, 0.25) is 0 Å². The maximum atomic E-state index is 10.9. The fraction of sp³-hybridized carbons (Fsp3) is 0.400. The third kappa shape index (κ3) is 1.19. The molecule has 0 radical (unpaired) electrons. The van der Waals surface area contributed by atoms with Gasteiger partial charge >= 0.3 is 0 Å². The Bertz CT molecular complexity index is 192. The van der Waals surface area contributed by atoms with Crippen molar-refractivity contribution < 1.29 is 4.79 Å². The summed E-state index contributed by atoms with van der Waals surface area (Å²) in [6.07, 6.45) is 3.10. The van der Waals surface area contributed by atoms with Gasteiger partial charge < -0.3 is 11.1 Å². The molecular weight excluding hydrogens is 219 g/mol. The van der Waals surface area contributed by atoms with Gasteiger partial charge in [0, 0.05) is 6.20 Å². The molecule has 0 fully saturated rings. The van der Waals surface area contributed by atoms with E-state index in [1.807, 2.05) is 0 Å². The van der Waals surface area contributed by atoms with Crippen LogP contribution in [0.3, 0.4) is 0 Å². The van der Waals surface area contributed by atoms with Gasteiger partial charge in [0.25, 0.3) is 5.91 Å². The van der Waals surface area contributed by atoms with Gasteiger partial charge in [0.1, 0.15) is 0 Å². The Morgan fingerprint density at radius 2 is 2.50 bits per heavy atom. The van der Waals surface area contributed by atoms with Crippen LogP contribution in [0.15, 0.2) is 12.3 Å². The molecule has 0 spiro atoms. The fourth-order valence-corrected chi connectivity index (χ4v) is 0.990. The number of amides is 1. The Labute approximate surface area is 71.7 Å². The topological polar surface area (TPSA) is 55.1 Å². The molecule has 3 N–H and O–H groups in total. The number of carbonyl (C=O) groups is 1. The molecule has 3 nitrogen and oxygen atoms in total. The van der Waals surface area contributed by atoms with E-state index in [0.29, 0.717) is 0 Å².